The Balaban J connectivity index is 1.34. The molecule has 1 unspecified atom stereocenters. The highest BCUT2D eigenvalue weighted by Gasteiger charge is 2.42. The third-order valence-electron chi connectivity index (χ3n) is 6.48. The lowest BCUT2D eigenvalue weighted by Crippen LogP contribution is -2.66. The van der Waals surface area contributed by atoms with E-state index >= 15 is 0 Å². The van der Waals surface area contributed by atoms with Crippen LogP contribution in [0, 0.1) is 5.82 Å². The molecule has 3 heterocycles. The smallest absolute Gasteiger partial charge is 0.247 e. The van der Waals surface area contributed by atoms with Gasteiger partial charge in [0.15, 0.2) is 0 Å². The van der Waals surface area contributed by atoms with Crippen molar-refractivity contribution in [1.82, 2.24) is 14.7 Å². The molecule has 5 rings (SSSR count). The van der Waals surface area contributed by atoms with Crippen LogP contribution in [0.4, 0.5) is 4.39 Å². The largest absolute Gasteiger partial charge is 0.461 e. The first kappa shape index (κ1) is 20.7. The first-order chi connectivity index (χ1) is 15.5. The summed E-state index contributed by atoms with van der Waals surface area (Å²) in [5.41, 5.74) is 2.85. The van der Waals surface area contributed by atoms with Crippen LogP contribution in [0.25, 0.3) is 11.0 Å². The van der Waals surface area contributed by atoms with E-state index in [-0.39, 0.29) is 24.2 Å². The summed E-state index contributed by atoms with van der Waals surface area (Å²) < 4.78 is 19.3. The van der Waals surface area contributed by atoms with Crippen LogP contribution in [0.2, 0.25) is 0 Å². The summed E-state index contributed by atoms with van der Waals surface area (Å²) in [5, 5.41) is 1.11. The molecule has 2 aromatic carbocycles. The Labute approximate surface area is 186 Å². The van der Waals surface area contributed by atoms with Crippen LogP contribution in [-0.2, 0) is 29.1 Å². The summed E-state index contributed by atoms with van der Waals surface area (Å²) in [6.07, 6.45) is 0.802. The zero-order valence-electron chi connectivity index (χ0n) is 18.1. The molecule has 6 nitrogen and oxygen atoms in total. The summed E-state index contributed by atoms with van der Waals surface area (Å²) >= 11 is 0. The van der Waals surface area contributed by atoms with Gasteiger partial charge in [-0.3, -0.25) is 14.5 Å². The molecule has 0 aliphatic carbocycles. The molecule has 2 amide bonds. The molecular formula is C25H26FN3O3. The number of hydrogen-bond acceptors (Lipinski definition) is 4. The van der Waals surface area contributed by atoms with E-state index in [2.05, 4.69) is 17.9 Å². The molecule has 0 spiro atoms. The van der Waals surface area contributed by atoms with Crippen LogP contribution >= 0.6 is 0 Å². The van der Waals surface area contributed by atoms with Crippen LogP contribution in [0.3, 0.4) is 0 Å². The van der Waals surface area contributed by atoms with Crippen LogP contribution in [0.1, 0.15) is 23.8 Å². The number of furan rings is 1. The van der Waals surface area contributed by atoms with Crippen molar-refractivity contribution in [2.45, 2.75) is 32.5 Å². The first-order valence-corrected chi connectivity index (χ1v) is 11.1. The Morgan fingerprint density at radius 2 is 1.81 bits per heavy atom. The minimum absolute atomic E-state index is 0.0284. The van der Waals surface area contributed by atoms with Gasteiger partial charge in [0, 0.05) is 50.1 Å². The Hall–Kier alpha value is -3.19. The van der Waals surface area contributed by atoms with E-state index in [0.29, 0.717) is 26.2 Å². The number of benzene rings is 2. The topological polar surface area (TPSA) is 57.0 Å². The van der Waals surface area contributed by atoms with Gasteiger partial charge < -0.3 is 14.2 Å². The van der Waals surface area contributed by atoms with Crippen molar-refractivity contribution in [2.75, 3.05) is 26.2 Å². The normalized spacial score (nSPS) is 19.6. The summed E-state index contributed by atoms with van der Waals surface area (Å²) in [7, 11) is 0. The summed E-state index contributed by atoms with van der Waals surface area (Å²) in [4.78, 5) is 31.6. The predicted octanol–water partition coefficient (Wildman–Crippen LogP) is 3.19. The van der Waals surface area contributed by atoms with Crippen molar-refractivity contribution >= 4 is 22.8 Å². The highest BCUT2D eigenvalue weighted by atomic mass is 19.1. The average Bonchev–Trinajstić information content (AvgIpc) is 3.16. The van der Waals surface area contributed by atoms with Gasteiger partial charge in [0.05, 0.1) is 0 Å². The number of para-hydroxylation sites is 1. The molecule has 2 fully saturated rings. The Morgan fingerprint density at radius 3 is 2.59 bits per heavy atom. The van der Waals surface area contributed by atoms with Gasteiger partial charge in [-0.2, -0.15) is 0 Å². The fraction of sp³-hybridized carbons (Fsp3) is 0.360. The molecule has 0 saturated carbocycles. The number of amides is 2. The number of halogens is 1. The monoisotopic (exact) mass is 435 g/mol. The van der Waals surface area contributed by atoms with E-state index in [9.17, 15) is 14.0 Å². The lowest BCUT2D eigenvalue weighted by atomic mass is 10.0. The van der Waals surface area contributed by atoms with Crippen molar-refractivity contribution in [2.24, 2.45) is 0 Å². The number of hydrogen-bond donors (Lipinski definition) is 0. The highest BCUT2D eigenvalue weighted by molar-refractivity contribution is 5.95. The quantitative estimate of drug-likeness (QED) is 0.618. The third kappa shape index (κ3) is 3.77. The maximum Gasteiger partial charge on any atom is 0.247 e. The van der Waals surface area contributed by atoms with Gasteiger partial charge >= 0.3 is 0 Å². The maximum atomic E-state index is 13.3. The Kier molecular flexibility index (Phi) is 5.43. The van der Waals surface area contributed by atoms with Crippen molar-refractivity contribution in [3.63, 3.8) is 0 Å². The van der Waals surface area contributed by atoms with E-state index in [4.69, 9.17) is 4.42 Å². The second kappa shape index (κ2) is 8.39. The Morgan fingerprint density at radius 1 is 1.03 bits per heavy atom. The van der Waals surface area contributed by atoms with Gasteiger partial charge in [-0.25, -0.2) is 4.39 Å². The SMILES string of the molecule is CCc1oc2ccccc2c1CN1CCN2C(=O)CN(Cc3ccc(F)cc3)C(=O)C2C1. The Bertz CT molecular complexity index is 1160. The van der Waals surface area contributed by atoms with E-state index in [1.807, 2.05) is 18.2 Å². The molecule has 7 heteroatoms. The fourth-order valence-electron chi connectivity index (χ4n) is 4.81. The zero-order chi connectivity index (χ0) is 22.2. The number of fused-ring (bicyclic) bond motifs is 2. The molecule has 0 N–H and O–H groups in total. The van der Waals surface area contributed by atoms with Gasteiger partial charge in [-0.15, -0.1) is 0 Å². The van der Waals surface area contributed by atoms with Crippen LogP contribution in [-0.4, -0.2) is 58.7 Å². The molecule has 0 radical (unpaired) electrons. The molecule has 2 aliphatic rings. The van der Waals surface area contributed by atoms with Gasteiger partial charge in [0.25, 0.3) is 0 Å². The van der Waals surface area contributed by atoms with Gasteiger partial charge in [0.1, 0.15) is 29.7 Å². The number of rotatable bonds is 5. The van der Waals surface area contributed by atoms with Gasteiger partial charge in [-0.1, -0.05) is 37.3 Å². The van der Waals surface area contributed by atoms with Crippen molar-refractivity contribution in [1.29, 1.82) is 0 Å². The second-order valence-corrected chi connectivity index (χ2v) is 8.51. The predicted molar refractivity (Wildman–Crippen MR) is 118 cm³/mol. The molecule has 0 bridgehead atoms. The lowest BCUT2D eigenvalue weighted by Gasteiger charge is -2.46. The van der Waals surface area contributed by atoms with Crippen LogP contribution in [0.15, 0.2) is 52.9 Å². The number of carbonyl (C=O) groups is 2. The van der Waals surface area contributed by atoms with E-state index in [0.717, 1.165) is 40.8 Å². The average molecular weight is 435 g/mol. The molecule has 166 valence electrons. The minimum Gasteiger partial charge on any atom is -0.461 e. The molecular weight excluding hydrogens is 409 g/mol. The first-order valence-electron chi connectivity index (χ1n) is 11.1. The van der Waals surface area contributed by atoms with E-state index in [1.54, 1.807) is 21.9 Å². The standard InChI is InChI=1S/C25H26FN3O3/c1-2-22-20(19-5-3-4-6-23(19)32-22)14-27-11-12-29-21(15-27)25(31)28(16-24(29)30)13-17-7-9-18(26)10-8-17/h3-10,21H,2,11-16H2,1H3. The van der Waals surface area contributed by atoms with E-state index < -0.39 is 6.04 Å². The highest BCUT2D eigenvalue weighted by Crippen LogP contribution is 2.29. The molecule has 32 heavy (non-hydrogen) atoms. The van der Waals surface area contributed by atoms with E-state index in [1.165, 1.54) is 12.1 Å². The number of nitrogens with zero attached hydrogens (tertiary/aromatic N) is 3. The third-order valence-corrected chi connectivity index (χ3v) is 6.48. The molecule has 2 aliphatic heterocycles. The number of aryl methyl sites for hydroxylation is 1. The minimum atomic E-state index is -0.492. The zero-order valence-corrected chi connectivity index (χ0v) is 18.1. The van der Waals surface area contributed by atoms with Crippen LogP contribution in [0.5, 0.6) is 0 Å². The second-order valence-electron chi connectivity index (χ2n) is 8.51. The summed E-state index contributed by atoms with van der Waals surface area (Å²) in [6.45, 7) is 4.89. The van der Waals surface area contributed by atoms with Gasteiger partial charge in [-0.05, 0) is 23.8 Å². The summed E-state index contributed by atoms with van der Waals surface area (Å²) in [6, 6.07) is 13.6. The molecule has 1 aromatic heterocycles. The van der Waals surface area contributed by atoms with Crippen molar-refractivity contribution in [3.8, 4) is 0 Å². The number of carbonyl (C=O) groups excluding carboxylic acids is 2. The van der Waals surface area contributed by atoms with Crippen molar-refractivity contribution in [3.05, 3.63) is 71.2 Å². The van der Waals surface area contributed by atoms with Crippen LogP contribution < -0.4 is 0 Å². The molecule has 2 saturated heterocycles. The lowest BCUT2D eigenvalue weighted by molar-refractivity contribution is -0.160. The van der Waals surface area contributed by atoms with Crippen molar-refractivity contribution < 1.29 is 18.4 Å². The summed E-state index contributed by atoms with van der Waals surface area (Å²) in [5.74, 6) is 0.575. The maximum absolute atomic E-state index is 13.3. The number of piperazine rings is 2. The fourth-order valence-corrected chi connectivity index (χ4v) is 4.81. The molecule has 1 atom stereocenters. The van der Waals surface area contributed by atoms with Gasteiger partial charge in [0.2, 0.25) is 11.8 Å². The molecule has 3 aromatic rings.